The SMILES string of the molecule is Cc1cc(Nc2cc(C(F)(F)F)nc(NCC(=O)O)n2)ccc1F. The zero-order chi connectivity index (χ0) is 17.9. The van der Waals surface area contributed by atoms with Crippen molar-refractivity contribution in [2.24, 2.45) is 0 Å². The first-order valence-electron chi connectivity index (χ1n) is 6.60. The molecule has 0 radical (unpaired) electrons. The van der Waals surface area contributed by atoms with Gasteiger partial charge in [0.1, 0.15) is 18.2 Å². The van der Waals surface area contributed by atoms with Crippen LogP contribution >= 0.6 is 0 Å². The first-order chi connectivity index (χ1) is 11.1. The van der Waals surface area contributed by atoms with E-state index in [1.165, 1.54) is 19.1 Å². The van der Waals surface area contributed by atoms with E-state index in [0.717, 1.165) is 6.07 Å². The predicted molar refractivity (Wildman–Crippen MR) is 77.6 cm³/mol. The van der Waals surface area contributed by atoms with Crippen LogP contribution in [0.3, 0.4) is 0 Å². The maximum atomic E-state index is 13.2. The molecular weight excluding hydrogens is 332 g/mol. The van der Waals surface area contributed by atoms with E-state index < -0.39 is 36.1 Å². The number of benzene rings is 1. The number of nitrogens with one attached hydrogen (secondary N) is 2. The summed E-state index contributed by atoms with van der Waals surface area (Å²) in [6, 6.07) is 4.56. The topological polar surface area (TPSA) is 87.1 Å². The molecular formula is C14H12F4N4O2. The van der Waals surface area contributed by atoms with Crippen molar-refractivity contribution >= 4 is 23.4 Å². The van der Waals surface area contributed by atoms with Crippen LogP contribution in [0.25, 0.3) is 0 Å². The number of halogens is 4. The van der Waals surface area contributed by atoms with E-state index in [1.54, 1.807) is 0 Å². The van der Waals surface area contributed by atoms with Gasteiger partial charge >= 0.3 is 12.1 Å². The van der Waals surface area contributed by atoms with Crippen LogP contribution in [-0.2, 0) is 11.0 Å². The van der Waals surface area contributed by atoms with Crippen molar-refractivity contribution < 1.29 is 27.5 Å². The van der Waals surface area contributed by atoms with Crippen molar-refractivity contribution in [1.29, 1.82) is 0 Å². The van der Waals surface area contributed by atoms with Crippen LogP contribution in [-0.4, -0.2) is 27.6 Å². The van der Waals surface area contributed by atoms with Crippen LogP contribution in [0.2, 0.25) is 0 Å². The molecule has 0 saturated carbocycles. The highest BCUT2D eigenvalue weighted by molar-refractivity contribution is 5.72. The van der Waals surface area contributed by atoms with E-state index in [-0.39, 0.29) is 5.82 Å². The lowest BCUT2D eigenvalue weighted by Crippen LogP contribution is -2.17. The highest BCUT2D eigenvalue weighted by atomic mass is 19.4. The molecule has 0 aliphatic heterocycles. The maximum absolute atomic E-state index is 13.2. The second-order valence-electron chi connectivity index (χ2n) is 4.80. The Labute approximate surface area is 133 Å². The average molecular weight is 344 g/mol. The van der Waals surface area contributed by atoms with Crippen LogP contribution in [0.15, 0.2) is 24.3 Å². The number of hydrogen-bond donors (Lipinski definition) is 3. The molecule has 0 bridgehead atoms. The number of carboxylic acid groups (broad SMARTS) is 1. The Bertz CT molecular complexity index is 765. The number of rotatable bonds is 5. The summed E-state index contributed by atoms with van der Waals surface area (Å²) >= 11 is 0. The molecule has 0 aliphatic carbocycles. The molecule has 1 aromatic carbocycles. The van der Waals surface area contributed by atoms with Crippen molar-refractivity contribution in [1.82, 2.24) is 9.97 Å². The molecule has 0 aliphatic rings. The number of hydrogen-bond acceptors (Lipinski definition) is 5. The van der Waals surface area contributed by atoms with E-state index in [9.17, 15) is 22.4 Å². The third kappa shape index (κ3) is 4.54. The molecule has 0 spiro atoms. The molecule has 10 heteroatoms. The Morgan fingerprint density at radius 2 is 1.96 bits per heavy atom. The molecule has 6 nitrogen and oxygen atoms in total. The Hall–Kier alpha value is -2.91. The van der Waals surface area contributed by atoms with E-state index in [2.05, 4.69) is 20.6 Å². The van der Waals surface area contributed by atoms with E-state index in [4.69, 9.17) is 5.11 Å². The van der Waals surface area contributed by atoms with Crippen molar-refractivity contribution in [3.8, 4) is 0 Å². The molecule has 128 valence electrons. The highest BCUT2D eigenvalue weighted by Crippen LogP contribution is 2.30. The fraction of sp³-hybridized carbons (Fsp3) is 0.214. The van der Waals surface area contributed by atoms with Crippen molar-refractivity contribution in [2.75, 3.05) is 17.2 Å². The van der Waals surface area contributed by atoms with Crippen LogP contribution in [0, 0.1) is 12.7 Å². The molecule has 2 rings (SSSR count). The van der Waals surface area contributed by atoms with Gasteiger partial charge in [-0.1, -0.05) is 0 Å². The van der Waals surface area contributed by atoms with Gasteiger partial charge in [-0.3, -0.25) is 4.79 Å². The fourth-order valence-corrected chi connectivity index (χ4v) is 1.76. The van der Waals surface area contributed by atoms with Gasteiger partial charge in [0, 0.05) is 11.8 Å². The third-order valence-corrected chi connectivity index (χ3v) is 2.84. The largest absolute Gasteiger partial charge is 0.480 e. The van der Waals surface area contributed by atoms with Gasteiger partial charge in [0.05, 0.1) is 0 Å². The molecule has 1 heterocycles. The summed E-state index contributed by atoms with van der Waals surface area (Å²) in [5.41, 5.74) is -0.619. The van der Waals surface area contributed by atoms with Gasteiger partial charge < -0.3 is 15.7 Å². The summed E-state index contributed by atoms with van der Waals surface area (Å²) in [6.45, 7) is 0.859. The molecule has 0 saturated heterocycles. The number of aryl methyl sites for hydroxylation is 1. The molecule has 1 aromatic heterocycles. The molecule has 0 amide bonds. The zero-order valence-corrected chi connectivity index (χ0v) is 12.3. The van der Waals surface area contributed by atoms with Crippen LogP contribution in [0.5, 0.6) is 0 Å². The second kappa shape index (κ2) is 6.69. The molecule has 0 fully saturated rings. The third-order valence-electron chi connectivity index (χ3n) is 2.84. The smallest absolute Gasteiger partial charge is 0.433 e. The number of anilines is 3. The van der Waals surface area contributed by atoms with Crippen molar-refractivity contribution in [2.45, 2.75) is 13.1 Å². The first-order valence-corrected chi connectivity index (χ1v) is 6.60. The summed E-state index contributed by atoms with van der Waals surface area (Å²) in [5, 5.41) is 13.4. The number of aliphatic carboxylic acids is 1. The Morgan fingerprint density at radius 1 is 1.25 bits per heavy atom. The standard InChI is InChI=1S/C14H12F4N4O2/c1-7-4-8(2-3-9(7)15)20-11-5-10(14(16,17)18)21-13(22-11)19-6-12(23)24/h2-5H,6H2,1H3,(H,23,24)(H2,19,20,21,22). The summed E-state index contributed by atoms with van der Waals surface area (Å²) < 4.78 is 51.9. The van der Waals surface area contributed by atoms with Crippen LogP contribution in [0.4, 0.5) is 35.0 Å². The van der Waals surface area contributed by atoms with Gasteiger partial charge in [0.2, 0.25) is 5.95 Å². The monoisotopic (exact) mass is 344 g/mol. The fourth-order valence-electron chi connectivity index (χ4n) is 1.76. The average Bonchev–Trinajstić information content (AvgIpc) is 2.48. The lowest BCUT2D eigenvalue weighted by Gasteiger charge is -2.12. The predicted octanol–water partition coefficient (Wildman–Crippen LogP) is 3.18. The van der Waals surface area contributed by atoms with Gasteiger partial charge in [0.25, 0.3) is 0 Å². The van der Waals surface area contributed by atoms with Crippen molar-refractivity contribution in [3.05, 3.63) is 41.3 Å². The molecule has 24 heavy (non-hydrogen) atoms. The van der Waals surface area contributed by atoms with Gasteiger partial charge in [-0.05, 0) is 30.7 Å². The minimum atomic E-state index is -4.74. The van der Waals surface area contributed by atoms with E-state index >= 15 is 0 Å². The summed E-state index contributed by atoms with van der Waals surface area (Å²) in [7, 11) is 0. The number of nitrogens with zero attached hydrogens (tertiary/aromatic N) is 2. The van der Waals surface area contributed by atoms with Gasteiger partial charge in [-0.2, -0.15) is 18.2 Å². The lowest BCUT2D eigenvalue weighted by molar-refractivity contribution is -0.141. The second-order valence-corrected chi connectivity index (χ2v) is 4.80. The minimum absolute atomic E-state index is 0.212. The molecule has 0 atom stereocenters. The van der Waals surface area contributed by atoms with Crippen LogP contribution in [0.1, 0.15) is 11.3 Å². The molecule has 0 unspecified atom stereocenters. The molecule has 2 aromatic rings. The lowest BCUT2D eigenvalue weighted by atomic mass is 10.2. The van der Waals surface area contributed by atoms with Gasteiger partial charge in [-0.25, -0.2) is 9.37 Å². The highest BCUT2D eigenvalue weighted by Gasteiger charge is 2.33. The number of aromatic nitrogens is 2. The minimum Gasteiger partial charge on any atom is -0.480 e. The Kier molecular flexibility index (Phi) is 4.86. The number of alkyl halides is 3. The summed E-state index contributed by atoms with van der Waals surface area (Å²) in [5.74, 6) is -2.44. The Morgan fingerprint density at radius 3 is 2.54 bits per heavy atom. The normalized spacial score (nSPS) is 11.2. The zero-order valence-electron chi connectivity index (χ0n) is 12.3. The van der Waals surface area contributed by atoms with Gasteiger partial charge in [0.15, 0.2) is 5.69 Å². The number of carboxylic acids is 1. The maximum Gasteiger partial charge on any atom is 0.433 e. The number of carbonyl (C=O) groups is 1. The quantitative estimate of drug-likeness (QED) is 0.722. The Balaban J connectivity index is 2.34. The van der Waals surface area contributed by atoms with Gasteiger partial charge in [-0.15, -0.1) is 0 Å². The molecule has 3 N–H and O–H groups in total. The summed E-state index contributed by atoms with van der Waals surface area (Å²) in [4.78, 5) is 17.5. The van der Waals surface area contributed by atoms with E-state index in [0.29, 0.717) is 17.3 Å². The van der Waals surface area contributed by atoms with E-state index in [1.807, 2.05) is 0 Å². The van der Waals surface area contributed by atoms with Crippen LogP contribution < -0.4 is 10.6 Å². The first kappa shape index (κ1) is 17.4. The van der Waals surface area contributed by atoms with Crippen molar-refractivity contribution in [3.63, 3.8) is 0 Å². The summed E-state index contributed by atoms with van der Waals surface area (Å²) in [6.07, 6.45) is -4.74.